The fraction of sp³-hybridized carbons (Fsp3) is 0.593. The van der Waals surface area contributed by atoms with Gasteiger partial charge in [-0.25, -0.2) is 4.98 Å². The number of nitrogens with one attached hydrogen (secondary N) is 2. The molecular formula is C27H35N5O. The zero-order valence-corrected chi connectivity index (χ0v) is 19.6. The van der Waals surface area contributed by atoms with Gasteiger partial charge in [0.05, 0.1) is 0 Å². The molecule has 5 aliphatic rings. The SMILES string of the molecule is Cc1cc(Nc2ccc(NC(=O)CC34CC5CC(CC(C5)C3)C4)cc2)nc(N2CCCC2)n1. The number of anilines is 4. The molecule has 1 aliphatic heterocycles. The molecule has 1 aromatic heterocycles. The largest absolute Gasteiger partial charge is 0.341 e. The molecule has 2 heterocycles. The molecule has 0 radical (unpaired) electrons. The molecule has 4 bridgehead atoms. The van der Waals surface area contributed by atoms with Crippen molar-refractivity contribution in [2.24, 2.45) is 23.2 Å². The number of hydrogen-bond donors (Lipinski definition) is 2. The molecule has 174 valence electrons. The van der Waals surface area contributed by atoms with Crippen LogP contribution in [0.15, 0.2) is 30.3 Å². The maximum Gasteiger partial charge on any atom is 0.227 e. The Labute approximate surface area is 196 Å². The van der Waals surface area contributed by atoms with Crippen molar-refractivity contribution in [2.75, 3.05) is 28.6 Å². The molecule has 0 unspecified atom stereocenters. The van der Waals surface area contributed by atoms with Crippen LogP contribution in [0, 0.1) is 30.1 Å². The molecular weight excluding hydrogens is 410 g/mol. The van der Waals surface area contributed by atoms with Gasteiger partial charge in [-0.1, -0.05) is 0 Å². The summed E-state index contributed by atoms with van der Waals surface area (Å²) in [5.41, 5.74) is 3.06. The van der Waals surface area contributed by atoms with Crippen molar-refractivity contribution < 1.29 is 4.79 Å². The first-order chi connectivity index (χ1) is 16.0. The lowest BCUT2D eigenvalue weighted by Gasteiger charge is -2.56. The van der Waals surface area contributed by atoms with Crippen molar-refractivity contribution in [3.8, 4) is 0 Å². The molecule has 2 aromatic rings. The Bertz CT molecular complexity index is 992. The van der Waals surface area contributed by atoms with E-state index in [1.165, 1.54) is 51.4 Å². The molecule has 4 aliphatic carbocycles. The quantitative estimate of drug-likeness (QED) is 0.599. The summed E-state index contributed by atoms with van der Waals surface area (Å²) in [7, 11) is 0. The molecule has 4 saturated carbocycles. The van der Waals surface area contributed by atoms with E-state index >= 15 is 0 Å². The van der Waals surface area contributed by atoms with E-state index in [1.54, 1.807) is 0 Å². The number of aryl methyl sites for hydroxylation is 1. The zero-order valence-electron chi connectivity index (χ0n) is 19.6. The second kappa shape index (κ2) is 8.30. The van der Waals surface area contributed by atoms with E-state index in [0.29, 0.717) is 6.42 Å². The van der Waals surface area contributed by atoms with Crippen molar-refractivity contribution in [2.45, 2.75) is 64.7 Å². The third kappa shape index (κ3) is 4.44. The van der Waals surface area contributed by atoms with E-state index in [0.717, 1.165) is 59.7 Å². The van der Waals surface area contributed by atoms with Gasteiger partial charge >= 0.3 is 0 Å². The topological polar surface area (TPSA) is 70.2 Å². The minimum atomic E-state index is 0.180. The molecule has 6 heteroatoms. The Morgan fingerprint density at radius 2 is 1.58 bits per heavy atom. The highest BCUT2D eigenvalue weighted by Gasteiger charge is 2.51. The summed E-state index contributed by atoms with van der Waals surface area (Å²) in [6.07, 6.45) is 11.2. The minimum absolute atomic E-state index is 0.180. The van der Waals surface area contributed by atoms with Crippen LogP contribution in [0.5, 0.6) is 0 Å². The number of carbonyl (C=O) groups is 1. The van der Waals surface area contributed by atoms with Crippen LogP contribution in [0.3, 0.4) is 0 Å². The maximum absolute atomic E-state index is 12.9. The Morgan fingerprint density at radius 1 is 0.970 bits per heavy atom. The molecule has 6 nitrogen and oxygen atoms in total. The second-order valence-corrected chi connectivity index (χ2v) is 11.2. The van der Waals surface area contributed by atoms with E-state index < -0.39 is 0 Å². The smallest absolute Gasteiger partial charge is 0.227 e. The first-order valence-electron chi connectivity index (χ1n) is 12.8. The van der Waals surface area contributed by atoms with Crippen LogP contribution in [0.25, 0.3) is 0 Å². The number of nitrogens with zero attached hydrogens (tertiary/aromatic N) is 3. The molecule has 7 rings (SSSR count). The monoisotopic (exact) mass is 445 g/mol. The van der Waals surface area contributed by atoms with Crippen molar-refractivity contribution in [3.63, 3.8) is 0 Å². The summed E-state index contributed by atoms with van der Waals surface area (Å²) in [6, 6.07) is 9.95. The average Bonchev–Trinajstić information content (AvgIpc) is 3.28. The van der Waals surface area contributed by atoms with Gasteiger partial charge in [0, 0.05) is 42.6 Å². The molecule has 0 spiro atoms. The standard InChI is InChI=1S/C27H35N5O/c1-18-10-24(31-26(28-18)32-8-2-3-9-32)29-22-4-6-23(7-5-22)30-25(33)17-27-14-19-11-20(15-27)13-21(12-19)16-27/h4-7,10,19-21H,2-3,8-9,11-17H2,1H3,(H,30,33)(H,28,29,31). The zero-order chi connectivity index (χ0) is 22.4. The van der Waals surface area contributed by atoms with Gasteiger partial charge in [0.1, 0.15) is 5.82 Å². The maximum atomic E-state index is 12.9. The van der Waals surface area contributed by atoms with Gasteiger partial charge in [-0.3, -0.25) is 4.79 Å². The van der Waals surface area contributed by atoms with E-state index in [2.05, 4.69) is 20.5 Å². The number of rotatable bonds is 6. The lowest BCUT2D eigenvalue weighted by atomic mass is 9.49. The normalized spacial score (nSPS) is 30.0. The fourth-order valence-electron chi connectivity index (χ4n) is 7.51. The fourth-order valence-corrected chi connectivity index (χ4v) is 7.51. The lowest BCUT2D eigenvalue weighted by Crippen LogP contribution is -2.47. The van der Waals surface area contributed by atoms with Gasteiger partial charge in [-0.2, -0.15) is 4.98 Å². The van der Waals surface area contributed by atoms with Crippen molar-refractivity contribution >= 4 is 29.0 Å². The molecule has 2 N–H and O–H groups in total. The number of amides is 1. The summed E-state index contributed by atoms with van der Waals surface area (Å²) < 4.78 is 0. The molecule has 0 atom stereocenters. The number of carbonyl (C=O) groups excluding carboxylic acids is 1. The van der Waals surface area contributed by atoms with Crippen LogP contribution < -0.4 is 15.5 Å². The molecule has 33 heavy (non-hydrogen) atoms. The van der Waals surface area contributed by atoms with Crippen LogP contribution in [0.2, 0.25) is 0 Å². The first-order valence-corrected chi connectivity index (χ1v) is 12.8. The van der Waals surface area contributed by atoms with Crippen molar-refractivity contribution in [1.29, 1.82) is 0 Å². The van der Waals surface area contributed by atoms with Gasteiger partial charge in [0.15, 0.2) is 0 Å². The van der Waals surface area contributed by atoms with Crippen LogP contribution in [0.1, 0.15) is 63.5 Å². The summed E-state index contributed by atoms with van der Waals surface area (Å²) >= 11 is 0. The van der Waals surface area contributed by atoms with Gasteiger partial charge in [-0.05, 0) is 106 Å². The van der Waals surface area contributed by atoms with E-state index in [-0.39, 0.29) is 11.3 Å². The summed E-state index contributed by atoms with van der Waals surface area (Å²) in [5, 5.41) is 6.57. The Morgan fingerprint density at radius 3 is 2.21 bits per heavy atom. The van der Waals surface area contributed by atoms with Crippen molar-refractivity contribution in [3.05, 3.63) is 36.0 Å². The highest BCUT2D eigenvalue weighted by atomic mass is 16.1. The lowest BCUT2D eigenvalue weighted by molar-refractivity contribution is -0.124. The van der Waals surface area contributed by atoms with Crippen LogP contribution in [0.4, 0.5) is 23.1 Å². The highest BCUT2D eigenvalue weighted by Crippen LogP contribution is 2.61. The second-order valence-electron chi connectivity index (χ2n) is 11.2. The predicted octanol–water partition coefficient (Wildman–Crippen LogP) is 5.67. The average molecular weight is 446 g/mol. The van der Waals surface area contributed by atoms with Crippen molar-refractivity contribution in [1.82, 2.24) is 9.97 Å². The highest BCUT2D eigenvalue weighted by molar-refractivity contribution is 5.91. The third-order valence-corrected chi connectivity index (χ3v) is 8.37. The third-order valence-electron chi connectivity index (χ3n) is 8.37. The van der Waals surface area contributed by atoms with Gasteiger partial charge < -0.3 is 15.5 Å². The van der Waals surface area contributed by atoms with Gasteiger partial charge in [-0.15, -0.1) is 0 Å². The Hall–Kier alpha value is -2.63. The van der Waals surface area contributed by atoms with Gasteiger partial charge in [0.25, 0.3) is 0 Å². The van der Waals surface area contributed by atoms with E-state index in [1.807, 2.05) is 37.3 Å². The summed E-state index contributed by atoms with van der Waals surface area (Å²) in [5.74, 6) is 4.44. The number of aromatic nitrogens is 2. The summed E-state index contributed by atoms with van der Waals surface area (Å²) in [6.45, 7) is 4.07. The molecule has 1 saturated heterocycles. The first kappa shape index (κ1) is 20.9. The number of hydrogen-bond acceptors (Lipinski definition) is 5. The van der Waals surface area contributed by atoms with Gasteiger partial charge in [0.2, 0.25) is 11.9 Å². The molecule has 1 amide bonds. The minimum Gasteiger partial charge on any atom is -0.341 e. The molecule has 5 fully saturated rings. The molecule has 1 aromatic carbocycles. The number of benzene rings is 1. The van der Waals surface area contributed by atoms with E-state index in [9.17, 15) is 4.79 Å². The Balaban J connectivity index is 1.08. The van der Waals surface area contributed by atoms with E-state index in [4.69, 9.17) is 4.98 Å². The Kier molecular flexibility index (Phi) is 5.27. The van der Waals surface area contributed by atoms with Crippen LogP contribution in [-0.4, -0.2) is 29.0 Å². The van der Waals surface area contributed by atoms with Crippen LogP contribution >= 0.6 is 0 Å². The predicted molar refractivity (Wildman–Crippen MR) is 132 cm³/mol. The summed E-state index contributed by atoms with van der Waals surface area (Å²) in [4.78, 5) is 24.5. The van der Waals surface area contributed by atoms with Crippen LogP contribution in [-0.2, 0) is 4.79 Å².